The van der Waals surface area contributed by atoms with Crippen LogP contribution in [0.2, 0.25) is 0 Å². The number of amides is 1. The maximum absolute atomic E-state index is 11.7. The minimum Gasteiger partial charge on any atom is -0.495 e. The standard InChI is InChI=1S/C14H20N2O2/c1-3-4-7-10-15-11-14(17)16-12-8-5-6-9-13(12)18-2/h3-6,8-9,15H,7,10-11H2,1-2H3,(H,16,17)/b4-3+. The van der Waals surface area contributed by atoms with Gasteiger partial charge in [-0.15, -0.1) is 0 Å². The van der Waals surface area contributed by atoms with E-state index in [0.29, 0.717) is 18.0 Å². The number of hydrogen-bond acceptors (Lipinski definition) is 3. The highest BCUT2D eigenvalue weighted by molar-refractivity contribution is 5.93. The summed E-state index contributed by atoms with van der Waals surface area (Å²) in [6.07, 6.45) is 4.99. The van der Waals surface area contributed by atoms with E-state index in [1.165, 1.54) is 0 Å². The fraction of sp³-hybridized carbons (Fsp3) is 0.357. The van der Waals surface area contributed by atoms with Crippen LogP contribution in [0, 0.1) is 0 Å². The summed E-state index contributed by atoms with van der Waals surface area (Å²) in [5.41, 5.74) is 0.695. The first kappa shape index (κ1) is 14.3. The molecule has 0 aliphatic rings. The van der Waals surface area contributed by atoms with Gasteiger partial charge in [-0.1, -0.05) is 24.3 Å². The number of nitrogens with one attached hydrogen (secondary N) is 2. The van der Waals surface area contributed by atoms with Crippen LogP contribution in [0.3, 0.4) is 0 Å². The molecule has 1 aromatic rings. The smallest absolute Gasteiger partial charge is 0.238 e. The number of carbonyl (C=O) groups excluding carboxylic acids is 1. The SMILES string of the molecule is C/C=C/CCNCC(=O)Nc1ccccc1OC. The molecule has 0 unspecified atom stereocenters. The molecular weight excluding hydrogens is 228 g/mol. The molecule has 0 heterocycles. The topological polar surface area (TPSA) is 50.4 Å². The van der Waals surface area contributed by atoms with Gasteiger partial charge < -0.3 is 15.4 Å². The van der Waals surface area contributed by atoms with Crippen LogP contribution in [0.1, 0.15) is 13.3 Å². The number of benzene rings is 1. The predicted molar refractivity (Wildman–Crippen MR) is 73.9 cm³/mol. The minimum atomic E-state index is -0.0695. The number of para-hydroxylation sites is 2. The average Bonchev–Trinajstić information content (AvgIpc) is 2.39. The van der Waals surface area contributed by atoms with Crippen LogP contribution in [0.4, 0.5) is 5.69 Å². The molecular formula is C14H20N2O2. The number of rotatable bonds is 7. The predicted octanol–water partition coefficient (Wildman–Crippen LogP) is 2.19. The molecule has 0 atom stereocenters. The molecule has 1 rings (SSSR count). The molecule has 0 radical (unpaired) electrons. The minimum absolute atomic E-state index is 0.0695. The molecule has 4 nitrogen and oxygen atoms in total. The summed E-state index contributed by atoms with van der Waals surface area (Å²) in [4.78, 5) is 11.7. The lowest BCUT2D eigenvalue weighted by Gasteiger charge is -2.09. The Labute approximate surface area is 108 Å². The van der Waals surface area contributed by atoms with E-state index >= 15 is 0 Å². The Hall–Kier alpha value is -1.81. The van der Waals surface area contributed by atoms with Crippen LogP contribution in [-0.2, 0) is 4.79 Å². The summed E-state index contributed by atoms with van der Waals surface area (Å²) >= 11 is 0. The fourth-order valence-electron chi connectivity index (χ4n) is 1.50. The van der Waals surface area contributed by atoms with Crippen molar-refractivity contribution >= 4 is 11.6 Å². The monoisotopic (exact) mass is 248 g/mol. The van der Waals surface area contributed by atoms with E-state index in [0.717, 1.165) is 13.0 Å². The van der Waals surface area contributed by atoms with E-state index < -0.39 is 0 Å². The molecule has 0 aromatic heterocycles. The van der Waals surface area contributed by atoms with Crippen molar-refractivity contribution in [2.24, 2.45) is 0 Å². The quantitative estimate of drug-likeness (QED) is 0.574. The first-order valence-electron chi connectivity index (χ1n) is 6.02. The summed E-state index contributed by atoms with van der Waals surface area (Å²) < 4.78 is 5.16. The lowest BCUT2D eigenvalue weighted by atomic mass is 10.3. The lowest BCUT2D eigenvalue weighted by Crippen LogP contribution is -2.28. The molecule has 1 aromatic carbocycles. The molecule has 0 aliphatic heterocycles. The van der Waals surface area contributed by atoms with Crippen molar-refractivity contribution < 1.29 is 9.53 Å². The molecule has 2 N–H and O–H groups in total. The highest BCUT2D eigenvalue weighted by Crippen LogP contribution is 2.22. The van der Waals surface area contributed by atoms with Crippen LogP contribution in [0.15, 0.2) is 36.4 Å². The zero-order chi connectivity index (χ0) is 13.2. The van der Waals surface area contributed by atoms with Gasteiger partial charge in [0.15, 0.2) is 0 Å². The molecule has 0 bridgehead atoms. The van der Waals surface area contributed by atoms with Gasteiger partial charge in [-0.3, -0.25) is 4.79 Å². The van der Waals surface area contributed by atoms with Gasteiger partial charge in [-0.25, -0.2) is 0 Å². The van der Waals surface area contributed by atoms with Crippen LogP contribution >= 0.6 is 0 Å². The summed E-state index contributed by atoms with van der Waals surface area (Å²) in [6, 6.07) is 7.35. The molecule has 0 aliphatic carbocycles. The molecule has 1 amide bonds. The van der Waals surface area contributed by atoms with E-state index in [1.54, 1.807) is 7.11 Å². The second-order valence-electron chi connectivity index (χ2n) is 3.78. The largest absolute Gasteiger partial charge is 0.495 e. The van der Waals surface area contributed by atoms with E-state index in [-0.39, 0.29) is 5.91 Å². The average molecular weight is 248 g/mol. The van der Waals surface area contributed by atoms with E-state index in [1.807, 2.05) is 37.3 Å². The Balaban J connectivity index is 2.35. The van der Waals surface area contributed by atoms with Gasteiger partial charge in [0.1, 0.15) is 5.75 Å². The van der Waals surface area contributed by atoms with Crippen molar-refractivity contribution in [1.82, 2.24) is 5.32 Å². The number of ether oxygens (including phenoxy) is 1. The van der Waals surface area contributed by atoms with Gasteiger partial charge in [-0.2, -0.15) is 0 Å². The van der Waals surface area contributed by atoms with Crippen molar-refractivity contribution in [2.75, 3.05) is 25.5 Å². The first-order chi connectivity index (χ1) is 8.77. The van der Waals surface area contributed by atoms with Crippen LogP contribution in [-0.4, -0.2) is 26.1 Å². The number of carbonyl (C=O) groups is 1. The third-order valence-electron chi connectivity index (χ3n) is 2.39. The third kappa shape index (κ3) is 5.01. The molecule has 0 saturated carbocycles. The lowest BCUT2D eigenvalue weighted by molar-refractivity contribution is -0.115. The first-order valence-corrected chi connectivity index (χ1v) is 6.02. The highest BCUT2D eigenvalue weighted by atomic mass is 16.5. The summed E-state index contributed by atoms with van der Waals surface area (Å²) in [7, 11) is 1.58. The Bertz CT molecular complexity index is 403. The van der Waals surface area contributed by atoms with Crippen molar-refractivity contribution in [1.29, 1.82) is 0 Å². The van der Waals surface area contributed by atoms with Gasteiger partial charge in [0, 0.05) is 0 Å². The second-order valence-corrected chi connectivity index (χ2v) is 3.78. The van der Waals surface area contributed by atoms with Gasteiger partial charge in [0.05, 0.1) is 19.3 Å². The number of anilines is 1. The number of allylic oxidation sites excluding steroid dienone is 1. The van der Waals surface area contributed by atoms with Crippen molar-refractivity contribution in [3.63, 3.8) is 0 Å². The molecule has 0 spiro atoms. The number of methoxy groups -OCH3 is 1. The molecule has 4 heteroatoms. The summed E-state index contributed by atoms with van der Waals surface area (Å²) in [6.45, 7) is 3.08. The summed E-state index contributed by atoms with van der Waals surface area (Å²) in [5.74, 6) is 0.597. The maximum Gasteiger partial charge on any atom is 0.238 e. The molecule has 0 saturated heterocycles. The Morgan fingerprint density at radius 3 is 2.89 bits per heavy atom. The van der Waals surface area contributed by atoms with Crippen LogP contribution < -0.4 is 15.4 Å². The Morgan fingerprint density at radius 2 is 2.17 bits per heavy atom. The van der Waals surface area contributed by atoms with Crippen LogP contribution in [0.25, 0.3) is 0 Å². The zero-order valence-electron chi connectivity index (χ0n) is 10.9. The van der Waals surface area contributed by atoms with Gasteiger partial charge in [-0.05, 0) is 32.0 Å². The van der Waals surface area contributed by atoms with Gasteiger partial charge in [0.25, 0.3) is 0 Å². The van der Waals surface area contributed by atoms with Crippen molar-refractivity contribution in [2.45, 2.75) is 13.3 Å². The fourth-order valence-corrected chi connectivity index (χ4v) is 1.50. The Morgan fingerprint density at radius 1 is 1.39 bits per heavy atom. The van der Waals surface area contributed by atoms with Gasteiger partial charge in [0.2, 0.25) is 5.91 Å². The molecule has 98 valence electrons. The van der Waals surface area contributed by atoms with E-state index in [2.05, 4.69) is 16.7 Å². The van der Waals surface area contributed by atoms with Crippen LogP contribution in [0.5, 0.6) is 5.75 Å². The molecule has 0 fully saturated rings. The Kier molecular flexibility index (Phi) is 6.58. The van der Waals surface area contributed by atoms with E-state index in [4.69, 9.17) is 4.74 Å². The number of hydrogen-bond donors (Lipinski definition) is 2. The maximum atomic E-state index is 11.7. The molecule has 18 heavy (non-hydrogen) atoms. The second kappa shape index (κ2) is 8.31. The van der Waals surface area contributed by atoms with Gasteiger partial charge >= 0.3 is 0 Å². The third-order valence-corrected chi connectivity index (χ3v) is 2.39. The summed E-state index contributed by atoms with van der Waals surface area (Å²) in [5, 5.41) is 5.88. The zero-order valence-corrected chi connectivity index (χ0v) is 10.9. The van der Waals surface area contributed by atoms with Crippen molar-refractivity contribution in [3.8, 4) is 5.75 Å². The van der Waals surface area contributed by atoms with E-state index in [9.17, 15) is 4.79 Å². The highest BCUT2D eigenvalue weighted by Gasteiger charge is 2.05. The normalized spacial score (nSPS) is 10.6. The van der Waals surface area contributed by atoms with Crippen molar-refractivity contribution in [3.05, 3.63) is 36.4 Å².